The number of rotatable bonds is 8. The molecule has 0 saturated carbocycles. The molecule has 1 aliphatic heterocycles. The number of aliphatic hydroxyl groups is 1. The maximum atomic E-state index is 15.2. The minimum atomic E-state index is -3.04. The quantitative estimate of drug-likeness (QED) is 0.153. The Morgan fingerprint density at radius 1 is 1.16 bits per heavy atom. The monoisotopic (exact) mass is 604 g/mol. The number of carbonyl (C=O) groups is 1. The van der Waals surface area contributed by atoms with Gasteiger partial charge in [0.1, 0.15) is 23.8 Å². The number of carbonyl (C=O) groups excluding carboxylic acids is 1. The lowest BCUT2D eigenvalue weighted by Gasteiger charge is -2.44. The number of ether oxygens (including phenoxy) is 2. The van der Waals surface area contributed by atoms with Crippen molar-refractivity contribution in [1.82, 2.24) is 24.5 Å². The first-order valence-corrected chi connectivity index (χ1v) is 13.2. The van der Waals surface area contributed by atoms with Crippen LogP contribution in [-0.4, -0.2) is 73.5 Å². The van der Waals surface area contributed by atoms with Gasteiger partial charge in [-0.05, 0) is 37.5 Å². The smallest absolute Gasteiger partial charge is 0.434 e. The van der Waals surface area contributed by atoms with E-state index in [1.54, 1.807) is 9.47 Å². The predicted molar refractivity (Wildman–Crippen MR) is 146 cm³/mol. The molecule has 4 heterocycles. The number of nitrogen functional groups attached to an aromatic ring is 1. The van der Waals surface area contributed by atoms with E-state index in [0.717, 1.165) is 6.07 Å². The van der Waals surface area contributed by atoms with Gasteiger partial charge in [0.2, 0.25) is 0 Å². The van der Waals surface area contributed by atoms with Gasteiger partial charge in [-0.3, -0.25) is 4.98 Å². The van der Waals surface area contributed by atoms with Gasteiger partial charge in [0.25, 0.3) is 6.43 Å². The van der Waals surface area contributed by atoms with Crippen molar-refractivity contribution in [1.29, 1.82) is 0 Å². The molecule has 0 bridgehead atoms. The molecular formula is C27H28F4N8O4. The van der Waals surface area contributed by atoms with Crippen molar-refractivity contribution in [3.05, 3.63) is 54.2 Å². The maximum absolute atomic E-state index is 15.2. The number of piperidine rings is 1. The number of fused-ring (bicyclic) bond motifs is 1. The van der Waals surface area contributed by atoms with Crippen LogP contribution in [0.3, 0.4) is 0 Å². The van der Waals surface area contributed by atoms with E-state index in [0.29, 0.717) is 41.4 Å². The molecule has 0 unspecified atom stereocenters. The van der Waals surface area contributed by atoms with Crippen LogP contribution in [0.5, 0.6) is 5.75 Å². The second kappa shape index (κ2) is 12.0. The largest absolute Gasteiger partial charge is 0.513 e. The first-order chi connectivity index (χ1) is 20.5. The van der Waals surface area contributed by atoms with Crippen molar-refractivity contribution in [3.63, 3.8) is 0 Å². The van der Waals surface area contributed by atoms with E-state index in [1.165, 1.54) is 31.8 Å². The minimum Gasteiger partial charge on any atom is -0.434 e. The third kappa shape index (κ3) is 6.01. The Kier molecular flexibility index (Phi) is 8.32. The Morgan fingerprint density at radius 2 is 1.95 bits per heavy atom. The lowest BCUT2D eigenvalue weighted by molar-refractivity contribution is -0.0529. The Morgan fingerprint density at radius 3 is 2.70 bits per heavy atom. The zero-order chi connectivity index (χ0) is 30.9. The second-order valence-corrected chi connectivity index (χ2v) is 10.1. The van der Waals surface area contributed by atoms with Gasteiger partial charge >= 0.3 is 6.16 Å². The van der Waals surface area contributed by atoms with E-state index in [1.807, 2.05) is 0 Å². The zero-order valence-electron chi connectivity index (χ0n) is 22.9. The number of hydrogen-bond donors (Lipinski definition) is 3. The Balaban J connectivity index is 1.56. The number of aromatic nitrogens is 5. The number of hydrogen-bond acceptors (Lipinski definition) is 11. The molecule has 228 valence electrons. The topological polar surface area (TPSA) is 168 Å². The van der Waals surface area contributed by atoms with Gasteiger partial charge in [-0.1, -0.05) is 0 Å². The van der Waals surface area contributed by atoms with Crippen LogP contribution < -0.4 is 21.1 Å². The number of alkyl halides is 2. The summed E-state index contributed by atoms with van der Waals surface area (Å²) in [6.07, 6.45) is -1.57. The standard InChI is InChI=1S/C27H28F4N8O4/c1-2-42-26(41)43-20-8-16(28)15(7-17(20)29)18-6-14(10-39-13-37-21-24(32)35-12-36-25(21)39)19(9-34-18)38-5-3-4-27(33,11-38)22(40)23(30)31/h6-9,12-13,22-23,40H,2-5,10-11,33H2,1H3,(H2,32,35,36)/t22-,27-/m1/s1. The van der Waals surface area contributed by atoms with Crippen LogP contribution in [0.25, 0.3) is 22.4 Å². The third-order valence-electron chi connectivity index (χ3n) is 7.21. The highest BCUT2D eigenvalue weighted by atomic mass is 19.3. The number of imidazole rings is 1. The highest BCUT2D eigenvalue weighted by molar-refractivity contribution is 5.81. The van der Waals surface area contributed by atoms with E-state index >= 15 is 4.39 Å². The Hall–Kier alpha value is -4.57. The molecule has 4 aromatic rings. The average Bonchev–Trinajstić information content (AvgIpc) is 3.38. The average molecular weight is 605 g/mol. The van der Waals surface area contributed by atoms with Gasteiger partial charge in [-0.15, -0.1) is 0 Å². The summed E-state index contributed by atoms with van der Waals surface area (Å²) in [6, 6.07) is 3.05. The molecule has 3 aromatic heterocycles. The first-order valence-electron chi connectivity index (χ1n) is 13.2. The molecule has 1 saturated heterocycles. The third-order valence-corrected chi connectivity index (χ3v) is 7.21. The Bertz CT molecular complexity index is 1660. The summed E-state index contributed by atoms with van der Waals surface area (Å²) < 4.78 is 68.0. The molecule has 0 amide bonds. The minimum absolute atomic E-state index is 0.0196. The van der Waals surface area contributed by atoms with E-state index in [-0.39, 0.29) is 43.2 Å². The molecule has 43 heavy (non-hydrogen) atoms. The summed E-state index contributed by atoms with van der Waals surface area (Å²) in [5.41, 5.74) is 12.1. The van der Waals surface area contributed by atoms with Crippen molar-refractivity contribution >= 4 is 28.8 Å². The number of anilines is 2. The lowest BCUT2D eigenvalue weighted by atomic mass is 9.84. The van der Waals surface area contributed by atoms with E-state index in [4.69, 9.17) is 16.2 Å². The molecule has 0 aliphatic carbocycles. The molecule has 1 fully saturated rings. The number of benzene rings is 1. The molecule has 1 aromatic carbocycles. The number of pyridine rings is 1. The molecule has 5 N–H and O–H groups in total. The van der Waals surface area contributed by atoms with Crippen molar-refractivity contribution < 1.29 is 36.9 Å². The fraction of sp³-hybridized carbons (Fsp3) is 0.370. The molecular weight excluding hydrogens is 576 g/mol. The van der Waals surface area contributed by atoms with Gasteiger partial charge in [0.05, 0.1) is 42.6 Å². The van der Waals surface area contributed by atoms with E-state index in [9.17, 15) is 23.1 Å². The van der Waals surface area contributed by atoms with Gasteiger partial charge < -0.3 is 35.5 Å². The van der Waals surface area contributed by atoms with Crippen molar-refractivity contribution in [2.24, 2.45) is 5.73 Å². The molecule has 0 radical (unpaired) electrons. The van der Waals surface area contributed by atoms with Crippen LogP contribution >= 0.6 is 0 Å². The highest BCUT2D eigenvalue weighted by Gasteiger charge is 2.43. The van der Waals surface area contributed by atoms with Gasteiger partial charge in [-0.25, -0.2) is 37.3 Å². The predicted octanol–water partition coefficient (Wildman–Crippen LogP) is 3.26. The fourth-order valence-electron chi connectivity index (χ4n) is 5.10. The highest BCUT2D eigenvalue weighted by Crippen LogP contribution is 2.35. The molecule has 0 spiro atoms. The molecule has 1 aliphatic rings. The van der Waals surface area contributed by atoms with Crippen molar-refractivity contribution in [3.8, 4) is 17.0 Å². The van der Waals surface area contributed by atoms with Crippen LogP contribution in [0.2, 0.25) is 0 Å². The number of nitrogens with two attached hydrogens (primary N) is 2. The molecule has 16 heteroatoms. The fourth-order valence-corrected chi connectivity index (χ4v) is 5.10. The van der Waals surface area contributed by atoms with Crippen LogP contribution in [0.15, 0.2) is 37.1 Å². The van der Waals surface area contributed by atoms with Crippen LogP contribution in [-0.2, 0) is 11.3 Å². The summed E-state index contributed by atoms with van der Waals surface area (Å²) in [6.45, 7) is 1.88. The van der Waals surface area contributed by atoms with Gasteiger partial charge in [-0.2, -0.15) is 0 Å². The van der Waals surface area contributed by atoms with E-state index < -0.39 is 41.6 Å². The lowest BCUT2D eigenvalue weighted by Crippen LogP contribution is -2.63. The summed E-state index contributed by atoms with van der Waals surface area (Å²) in [4.78, 5) is 30.1. The van der Waals surface area contributed by atoms with Crippen LogP contribution in [0, 0.1) is 11.6 Å². The maximum Gasteiger partial charge on any atom is 0.513 e. The number of nitrogens with zero attached hydrogens (tertiary/aromatic N) is 6. The normalized spacial score (nSPS) is 17.8. The molecule has 5 rings (SSSR count). The van der Waals surface area contributed by atoms with Crippen LogP contribution in [0.4, 0.5) is 33.9 Å². The zero-order valence-corrected chi connectivity index (χ0v) is 22.9. The van der Waals surface area contributed by atoms with Crippen LogP contribution in [0.1, 0.15) is 25.3 Å². The van der Waals surface area contributed by atoms with Gasteiger partial charge in [0.15, 0.2) is 23.0 Å². The summed E-state index contributed by atoms with van der Waals surface area (Å²) >= 11 is 0. The molecule has 2 atom stereocenters. The summed E-state index contributed by atoms with van der Waals surface area (Å²) in [5, 5.41) is 10.2. The number of halogens is 4. The van der Waals surface area contributed by atoms with Gasteiger partial charge in [0, 0.05) is 24.7 Å². The van der Waals surface area contributed by atoms with Crippen molar-refractivity contribution in [2.75, 3.05) is 30.3 Å². The summed E-state index contributed by atoms with van der Waals surface area (Å²) in [5.74, 6) is -2.47. The van der Waals surface area contributed by atoms with Crippen molar-refractivity contribution in [2.45, 2.75) is 44.4 Å². The first kappa shape index (κ1) is 29.9. The Labute approximate surface area is 242 Å². The SMILES string of the molecule is CCOC(=O)Oc1cc(F)c(-c2cc(Cn3cnc4c(N)ncnc43)c(N3CCC[C@](N)([C@H](O)C(F)F)C3)cn2)cc1F. The second-order valence-electron chi connectivity index (χ2n) is 10.1. The summed E-state index contributed by atoms with van der Waals surface area (Å²) in [7, 11) is 0. The molecule has 12 nitrogen and oxygen atoms in total. The number of aliphatic hydroxyl groups excluding tert-OH is 1. The van der Waals surface area contributed by atoms with E-state index in [2.05, 4.69) is 24.7 Å².